The van der Waals surface area contributed by atoms with Gasteiger partial charge in [-0.05, 0) is 85.4 Å². The van der Waals surface area contributed by atoms with Gasteiger partial charge in [0.25, 0.3) is 0 Å². The average molecular weight is 504 g/mol. The number of phenols is 1. The van der Waals surface area contributed by atoms with Crippen LogP contribution in [-0.2, 0) is 17.6 Å². The molecule has 1 aliphatic heterocycles. The fraction of sp³-hybridized carbons (Fsp3) is 0.241. The smallest absolute Gasteiger partial charge is 0.170 e. The Morgan fingerprint density at radius 1 is 1.08 bits per heavy atom. The van der Waals surface area contributed by atoms with E-state index >= 15 is 0 Å². The summed E-state index contributed by atoms with van der Waals surface area (Å²) in [7, 11) is 0. The molecule has 0 amide bonds. The third kappa shape index (κ3) is 5.20. The minimum absolute atomic E-state index is 0.0537. The number of likely N-dealkylation sites (tertiary alicyclic amines) is 1. The highest BCUT2D eigenvalue weighted by molar-refractivity contribution is 6.32. The number of phenolic OH excluding ortho intramolecular Hbond substituents is 1. The molecule has 1 saturated heterocycles. The molecular formula is C29H27ClFN3O2. The zero-order valence-electron chi connectivity index (χ0n) is 19.8. The number of benzene rings is 3. The van der Waals surface area contributed by atoms with Gasteiger partial charge in [0.1, 0.15) is 6.29 Å². The van der Waals surface area contributed by atoms with Gasteiger partial charge < -0.3 is 20.1 Å². The van der Waals surface area contributed by atoms with Crippen LogP contribution in [0.2, 0.25) is 5.02 Å². The van der Waals surface area contributed by atoms with Crippen molar-refractivity contribution in [2.45, 2.75) is 25.7 Å². The number of fused-ring (bicyclic) bond motifs is 1. The Morgan fingerprint density at radius 2 is 1.92 bits per heavy atom. The maximum Gasteiger partial charge on any atom is 0.170 e. The van der Waals surface area contributed by atoms with E-state index in [0.717, 1.165) is 52.7 Å². The topological polar surface area (TPSA) is 65.5 Å². The monoisotopic (exact) mass is 503 g/mol. The Bertz CT molecular complexity index is 1400. The highest BCUT2D eigenvalue weighted by Crippen LogP contribution is 2.36. The number of halogens is 2. The van der Waals surface area contributed by atoms with Crippen molar-refractivity contribution in [3.8, 4) is 16.9 Å². The van der Waals surface area contributed by atoms with E-state index in [1.807, 2.05) is 30.3 Å². The van der Waals surface area contributed by atoms with E-state index in [2.05, 4.69) is 27.3 Å². The van der Waals surface area contributed by atoms with Crippen LogP contribution in [0.5, 0.6) is 5.75 Å². The molecule has 2 N–H and O–H groups in total. The molecule has 0 bridgehead atoms. The first-order valence-electron chi connectivity index (χ1n) is 12.1. The van der Waals surface area contributed by atoms with Gasteiger partial charge in [-0.15, -0.1) is 0 Å². The third-order valence-corrected chi connectivity index (χ3v) is 7.00. The molecule has 0 aliphatic carbocycles. The zero-order chi connectivity index (χ0) is 25.1. The van der Waals surface area contributed by atoms with Gasteiger partial charge in [0, 0.05) is 35.8 Å². The Balaban J connectivity index is 1.51. The number of nitrogens with zero attached hydrogens (tertiary/aromatic N) is 2. The number of nitrogens with one attached hydrogen (secondary N) is 1. The van der Waals surface area contributed by atoms with Crippen molar-refractivity contribution in [3.05, 3.63) is 82.8 Å². The number of carbonyl (C=O) groups excluding carboxylic acids is 1. The minimum atomic E-state index is -0.783. The Hall–Kier alpha value is -3.48. The summed E-state index contributed by atoms with van der Waals surface area (Å²) in [4.78, 5) is 18.5. The van der Waals surface area contributed by atoms with E-state index in [9.17, 15) is 14.3 Å². The molecule has 1 fully saturated rings. The molecular weight excluding hydrogens is 477 g/mol. The molecule has 5 rings (SSSR count). The molecule has 3 aromatic carbocycles. The van der Waals surface area contributed by atoms with Gasteiger partial charge in [-0.2, -0.15) is 0 Å². The van der Waals surface area contributed by atoms with Crippen LogP contribution in [0, 0.1) is 5.82 Å². The van der Waals surface area contributed by atoms with E-state index < -0.39 is 11.6 Å². The molecule has 4 aromatic rings. The summed E-state index contributed by atoms with van der Waals surface area (Å²) in [6.45, 7) is 3.40. The maximum atomic E-state index is 14.2. The molecule has 7 heteroatoms. The second-order valence-electron chi connectivity index (χ2n) is 9.17. The van der Waals surface area contributed by atoms with Crippen LogP contribution in [0.25, 0.3) is 22.0 Å². The van der Waals surface area contributed by atoms with Crippen LogP contribution >= 0.6 is 11.6 Å². The molecule has 0 atom stereocenters. The predicted octanol–water partition coefficient (Wildman–Crippen LogP) is 6.52. The van der Waals surface area contributed by atoms with Gasteiger partial charge in [0.15, 0.2) is 11.6 Å². The van der Waals surface area contributed by atoms with E-state index in [1.54, 1.807) is 6.20 Å². The minimum Gasteiger partial charge on any atom is -0.504 e. The standard InChI is InChI=1S/C29H27ClFN3O2/c30-25-16-22(17-26(31)29(25)36)20-6-7-27-24(15-20)28(21(9-13-35)18-32-27)33-23-5-3-4-19(14-23)8-12-34-10-1-2-11-34/h3-7,13-18,36H,1-2,8-12H2,(H,32,33). The van der Waals surface area contributed by atoms with Crippen molar-refractivity contribution in [1.82, 2.24) is 9.88 Å². The summed E-state index contributed by atoms with van der Waals surface area (Å²) in [6, 6.07) is 16.7. The van der Waals surface area contributed by atoms with Gasteiger partial charge in [-0.1, -0.05) is 29.8 Å². The number of hydrogen-bond acceptors (Lipinski definition) is 5. The maximum absolute atomic E-state index is 14.2. The van der Waals surface area contributed by atoms with E-state index in [4.69, 9.17) is 11.6 Å². The molecule has 0 unspecified atom stereocenters. The Labute approximate surface area is 214 Å². The number of anilines is 2. The molecule has 1 aliphatic rings. The second kappa shape index (κ2) is 10.6. The van der Waals surface area contributed by atoms with Crippen molar-refractivity contribution in [3.63, 3.8) is 0 Å². The number of carbonyl (C=O) groups is 1. The summed E-state index contributed by atoms with van der Waals surface area (Å²) >= 11 is 6.02. The molecule has 5 nitrogen and oxygen atoms in total. The van der Waals surface area contributed by atoms with Gasteiger partial charge in [-0.3, -0.25) is 4.98 Å². The number of aromatic hydroxyl groups is 1. The quantitative estimate of drug-likeness (QED) is 0.268. The molecule has 1 aromatic heterocycles. The third-order valence-electron chi connectivity index (χ3n) is 6.71. The first kappa shape index (κ1) is 24.2. The summed E-state index contributed by atoms with van der Waals surface area (Å²) in [6.07, 6.45) is 6.32. The normalized spacial score (nSPS) is 13.8. The summed E-state index contributed by atoms with van der Waals surface area (Å²) in [5.41, 5.74) is 5.73. The van der Waals surface area contributed by atoms with Crippen molar-refractivity contribution < 1.29 is 14.3 Å². The molecule has 36 heavy (non-hydrogen) atoms. The van der Waals surface area contributed by atoms with Gasteiger partial charge >= 0.3 is 0 Å². The fourth-order valence-corrected chi connectivity index (χ4v) is 4.99. The van der Waals surface area contributed by atoms with Crippen LogP contribution in [0.4, 0.5) is 15.8 Å². The lowest BCUT2D eigenvalue weighted by Crippen LogP contribution is -2.21. The van der Waals surface area contributed by atoms with Crippen LogP contribution in [0.1, 0.15) is 24.0 Å². The van der Waals surface area contributed by atoms with Crippen LogP contribution < -0.4 is 5.32 Å². The number of rotatable bonds is 8. The Kier molecular flexibility index (Phi) is 7.16. The van der Waals surface area contributed by atoms with Crippen LogP contribution in [-0.4, -0.2) is 40.9 Å². The molecule has 0 spiro atoms. The highest BCUT2D eigenvalue weighted by Gasteiger charge is 2.15. The second-order valence-corrected chi connectivity index (χ2v) is 9.58. The first-order chi connectivity index (χ1) is 17.5. The van der Waals surface area contributed by atoms with Crippen LogP contribution in [0.3, 0.4) is 0 Å². The molecule has 0 saturated carbocycles. The van der Waals surface area contributed by atoms with E-state index in [-0.39, 0.29) is 11.4 Å². The number of aldehydes is 1. The Morgan fingerprint density at radius 3 is 2.69 bits per heavy atom. The lowest BCUT2D eigenvalue weighted by molar-refractivity contribution is -0.107. The fourth-order valence-electron chi connectivity index (χ4n) is 4.78. The average Bonchev–Trinajstić information content (AvgIpc) is 3.41. The van der Waals surface area contributed by atoms with Crippen molar-refractivity contribution in [2.24, 2.45) is 0 Å². The van der Waals surface area contributed by atoms with E-state index in [1.165, 1.54) is 43.6 Å². The predicted molar refractivity (Wildman–Crippen MR) is 143 cm³/mol. The zero-order valence-corrected chi connectivity index (χ0v) is 20.6. The lowest BCUT2D eigenvalue weighted by Gasteiger charge is -2.17. The van der Waals surface area contributed by atoms with Crippen LogP contribution in [0.15, 0.2) is 60.8 Å². The number of aromatic nitrogens is 1. The van der Waals surface area contributed by atoms with Gasteiger partial charge in [-0.25, -0.2) is 4.39 Å². The number of hydrogen-bond donors (Lipinski definition) is 2. The highest BCUT2D eigenvalue weighted by atomic mass is 35.5. The number of pyridine rings is 1. The summed E-state index contributed by atoms with van der Waals surface area (Å²) in [5.74, 6) is -1.35. The van der Waals surface area contributed by atoms with Crippen molar-refractivity contribution in [2.75, 3.05) is 25.0 Å². The molecule has 0 radical (unpaired) electrons. The van der Waals surface area contributed by atoms with Gasteiger partial charge in [0.2, 0.25) is 0 Å². The largest absolute Gasteiger partial charge is 0.504 e. The van der Waals surface area contributed by atoms with Crippen molar-refractivity contribution in [1.29, 1.82) is 0 Å². The van der Waals surface area contributed by atoms with Gasteiger partial charge in [0.05, 0.1) is 16.2 Å². The molecule has 184 valence electrons. The summed E-state index contributed by atoms with van der Waals surface area (Å²) in [5, 5.41) is 14.0. The molecule has 2 heterocycles. The first-order valence-corrected chi connectivity index (χ1v) is 12.5. The van der Waals surface area contributed by atoms with Crippen molar-refractivity contribution >= 4 is 40.2 Å². The SMILES string of the molecule is O=CCc1cnc2ccc(-c3cc(F)c(O)c(Cl)c3)cc2c1Nc1cccc(CCN2CCCC2)c1. The lowest BCUT2D eigenvalue weighted by atomic mass is 10.00. The van der Waals surface area contributed by atoms with E-state index in [0.29, 0.717) is 5.56 Å². The summed E-state index contributed by atoms with van der Waals surface area (Å²) < 4.78 is 14.2.